The van der Waals surface area contributed by atoms with Crippen molar-refractivity contribution in [2.75, 3.05) is 0 Å². The number of halogens is 3. The Morgan fingerprint density at radius 2 is 2.14 bits per heavy atom. The topological polar surface area (TPSA) is 42.4 Å². The van der Waals surface area contributed by atoms with Crippen LogP contribution in [0.5, 0.6) is 5.75 Å². The van der Waals surface area contributed by atoms with Gasteiger partial charge in [-0.1, -0.05) is 0 Å². The highest BCUT2D eigenvalue weighted by Gasteiger charge is 2.31. The molecule has 0 saturated carbocycles. The first-order valence-corrected chi connectivity index (χ1v) is 3.74. The predicted molar refractivity (Wildman–Crippen MR) is 41.6 cm³/mol. The average Bonchev–Trinajstić information content (AvgIpc) is 2.01. The van der Waals surface area contributed by atoms with Crippen LogP contribution in [0.25, 0.3) is 0 Å². The van der Waals surface area contributed by atoms with Crippen molar-refractivity contribution in [3.63, 3.8) is 0 Å². The molecule has 6 heteroatoms. The van der Waals surface area contributed by atoms with Gasteiger partial charge < -0.3 is 9.84 Å². The van der Waals surface area contributed by atoms with Gasteiger partial charge in [0.1, 0.15) is 5.75 Å². The summed E-state index contributed by atoms with van der Waals surface area (Å²) in [6.45, 7) is 1.24. The molecule has 0 aliphatic carbocycles. The predicted octanol–water partition coefficient (Wildman–Crippen LogP) is 1.78. The molecule has 14 heavy (non-hydrogen) atoms. The molecule has 0 saturated heterocycles. The van der Waals surface area contributed by atoms with E-state index in [4.69, 9.17) is 5.11 Å². The van der Waals surface area contributed by atoms with E-state index >= 15 is 0 Å². The first kappa shape index (κ1) is 10.8. The number of rotatable bonds is 2. The van der Waals surface area contributed by atoms with Gasteiger partial charge in [0.2, 0.25) is 0 Å². The van der Waals surface area contributed by atoms with E-state index < -0.39 is 6.36 Å². The van der Waals surface area contributed by atoms with Gasteiger partial charge in [-0.25, -0.2) is 0 Å². The molecule has 0 fully saturated rings. The number of aliphatic hydroxyl groups excluding tert-OH is 1. The molecule has 1 N–H and O–H groups in total. The molecular weight excluding hydrogens is 199 g/mol. The van der Waals surface area contributed by atoms with Crippen molar-refractivity contribution >= 4 is 0 Å². The highest BCUT2D eigenvalue weighted by atomic mass is 19.4. The number of hydrogen-bond acceptors (Lipinski definition) is 3. The molecule has 1 heterocycles. The molecule has 0 amide bonds. The van der Waals surface area contributed by atoms with E-state index in [0.29, 0.717) is 11.3 Å². The Bertz CT molecular complexity index is 325. The van der Waals surface area contributed by atoms with Crippen molar-refractivity contribution < 1.29 is 23.0 Å². The van der Waals surface area contributed by atoms with Crippen LogP contribution in [0.3, 0.4) is 0 Å². The number of aryl methyl sites for hydroxylation is 1. The van der Waals surface area contributed by atoms with Gasteiger partial charge in [0.15, 0.2) is 0 Å². The minimum atomic E-state index is -4.71. The van der Waals surface area contributed by atoms with E-state index in [2.05, 4.69) is 9.72 Å². The van der Waals surface area contributed by atoms with Crippen LogP contribution in [0.4, 0.5) is 13.2 Å². The number of aromatic nitrogens is 1. The van der Waals surface area contributed by atoms with Crippen LogP contribution in [0.2, 0.25) is 0 Å². The van der Waals surface area contributed by atoms with Crippen molar-refractivity contribution in [2.45, 2.75) is 19.9 Å². The Morgan fingerprint density at radius 3 is 2.57 bits per heavy atom. The smallest absolute Gasteiger partial charge is 0.404 e. The van der Waals surface area contributed by atoms with Gasteiger partial charge in [-0.2, -0.15) is 0 Å². The number of nitrogens with zero attached hydrogens (tertiary/aromatic N) is 1. The Balaban J connectivity index is 2.87. The van der Waals surface area contributed by atoms with Crippen molar-refractivity contribution in [3.8, 4) is 5.75 Å². The molecule has 0 unspecified atom stereocenters. The van der Waals surface area contributed by atoms with Gasteiger partial charge in [-0.15, -0.1) is 13.2 Å². The fourth-order valence-corrected chi connectivity index (χ4v) is 0.932. The summed E-state index contributed by atoms with van der Waals surface area (Å²) in [5.74, 6) is -0.382. The third-order valence-electron chi connectivity index (χ3n) is 1.54. The lowest BCUT2D eigenvalue weighted by Gasteiger charge is -2.09. The lowest BCUT2D eigenvalue weighted by molar-refractivity contribution is -0.274. The first-order valence-electron chi connectivity index (χ1n) is 3.74. The first-order chi connectivity index (χ1) is 6.42. The monoisotopic (exact) mass is 207 g/mol. The summed E-state index contributed by atoms with van der Waals surface area (Å²) in [5.41, 5.74) is 0.786. The molecular formula is C8H8F3NO2. The second kappa shape index (κ2) is 3.83. The summed E-state index contributed by atoms with van der Waals surface area (Å²) >= 11 is 0. The summed E-state index contributed by atoms with van der Waals surface area (Å²) < 4.78 is 38.9. The Hall–Kier alpha value is -1.30. The average molecular weight is 207 g/mol. The van der Waals surface area contributed by atoms with Gasteiger partial charge >= 0.3 is 6.36 Å². The Labute approximate surface area is 78.2 Å². The quantitative estimate of drug-likeness (QED) is 0.803. The molecule has 0 spiro atoms. The van der Waals surface area contributed by atoms with Crippen LogP contribution >= 0.6 is 0 Å². The Morgan fingerprint density at radius 1 is 1.50 bits per heavy atom. The number of alkyl halides is 3. The molecule has 0 aliphatic heterocycles. The van der Waals surface area contributed by atoms with Crippen LogP contribution in [0.1, 0.15) is 11.3 Å². The number of aliphatic hydroxyl groups is 1. The van der Waals surface area contributed by atoms with E-state index in [0.717, 1.165) is 6.20 Å². The molecule has 3 nitrogen and oxygen atoms in total. The fourth-order valence-electron chi connectivity index (χ4n) is 0.932. The highest BCUT2D eigenvalue weighted by Crippen LogP contribution is 2.23. The van der Waals surface area contributed by atoms with Gasteiger partial charge in [0.25, 0.3) is 0 Å². The number of hydrogen-bond donors (Lipinski definition) is 1. The number of pyridine rings is 1. The maximum absolute atomic E-state index is 11.8. The second-order valence-electron chi connectivity index (χ2n) is 2.64. The molecule has 1 aromatic rings. The highest BCUT2D eigenvalue weighted by molar-refractivity contribution is 5.27. The normalized spacial score (nSPS) is 11.5. The van der Waals surface area contributed by atoms with Crippen molar-refractivity contribution in [1.29, 1.82) is 0 Å². The zero-order valence-electron chi connectivity index (χ0n) is 7.30. The summed E-state index contributed by atoms with van der Waals surface area (Å²) in [5, 5.41) is 8.72. The Kier molecular flexibility index (Phi) is 2.95. The van der Waals surface area contributed by atoms with Crippen LogP contribution in [-0.2, 0) is 6.61 Å². The second-order valence-corrected chi connectivity index (χ2v) is 2.64. The van der Waals surface area contributed by atoms with Gasteiger partial charge in [0, 0.05) is 0 Å². The summed E-state index contributed by atoms with van der Waals surface area (Å²) in [7, 11) is 0. The standard InChI is InChI=1S/C8H8F3NO2/c1-5-2-6(14-8(9,10)11)3-12-7(5)4-13/h2-3,13H,4H2,1H3. The molecule has 1 rings (SSSR count). The summed E-state index contributed by atoms with van der Waals surface area (Å²) in [4.78, 5) is 3.61. The molecule has 78 valence electrons. The molecule has 1 aromatic heterocycles. The van der Waals surface area contributed by atoms with Crippen LogP contribution < -0.4 is 4.74 Å². The maximum Gasteiger partial charge on any atom is 0.573 e. The van der Waals surface area contributed by atoms with Crippen LogP contribution in [0, 0.1) is 6.92 Å². The molecule has 0 radical (unpaired) electrons. The lowest BCUT2D eigenvalue weighted by atomic mass is 10.2. The minimum Gasteiger partial charge on any atom is -0.404 e. The lowest BCUT2D eigenvalue weighted by Crippen LogP contribution is -2.17. The van der Waals surface area contributed by atoms with E-state index in [9.17, 15) is 13.2 Å². The van der Waals surface area contributed by atoms with Crippen molar-refractivity contribution in [3.05, 3.63) is 23.5 Å². The van der Waals surface area contributed by atoms with Crippen LogP contribution in [0.15, 0.2) is 12.3 Å². The van der Waals surface area contributed by atoms with Crippen molar-refractivity contribution in [2.24, 2.45) is 0 Å². The SMILES string of the molecule is Cc1cc(OC(F)(F)F)cnc1CO. The minimum absolute atomic E-state index is 0.307. The largest absolute Gasteiger partial charge is 0.573 e. The van der Waals surface area contributed by atoms with Gasteiger partial charge in [-0.05, 0) is 18.6 Å². The molecule has 0 bridgehead atoms. The van der Waals surface area contributed by atoms with Gasteiger partial charge in [0.05, 0.1) is 18.5 Å². The van der Waals surface area contributed by atoms with Crippen molar-refractivity contribution in [1.82, 2.24) is 4.98 Å². The molecule has 0 aliphatic rings. The maximum atomic E-state index is 11.8. The summed E-state index contributed by atoms with van der Waals surface area (Å²) in [6.07, 6.45) is -3.79. The zero-order valence-corrected chi connectivity index (χ0v) is 7.30. The van der Waals surface area contributed by atoms with E-state index in [1.807, 2.05) is 0 Å². The van der Waals surface area contributed by atoms with Gasteiger partial charge in [-0.3, -0.25) is 4.98 Å². The fraction of sp³-hybridized carbons (Fsp3) is 0.375. The van der Waals surface area contributed by atoms with E-state index in [1.165, 1.54) is 6.07 Å². The third kappa shape index (κ3) is 2.88. The van der Waals surface area contributed by atoms with E-state index in [1.54, 1.807) is 6.92 Å². The molecule has 0 aromatic carbocycles. The zero-order chi connectivity index (χ0) is 10.8. The van der Waals surface area contributed by atoms with Crippen LogP contribution in [-0.4, -0.2) is 16.5 Å². The molecule has 0 atom stereocenters. The number of ether oxygens (including phenoxy) is 1. The third-order valence-corrected chi connectivity index (χ3v) is 1.54. The summed E-state index contributed by atoms with van der Waals surface area (Å²) in [6, 6.07) is 1.17. The van der Waals surface area contributed by atoms with E-state index in [-0.39, 0.29) is 12.4 Å².